The maximum atomic E-state index is 11.9. The molecule has 2 amide bonds. The molecule has 0 radical (unpaired) electrons. The van der Waals surface area contributed by atoms with Gasteiger partial charge in [-0.05, 0) is 37.6 Å². The van der Waals surface area contributed by atoms with E-state index in [1.54, 1.807) is 24.3 Å². The lowest BCUT2D eigenvalue weighted by Gasteiger charge is -2.18. The average molecular weight is 361 g/mol. The minimum atomic E-state index is -0.922. The van der Waals surface area contributed by atoms with Crippen LogP contribution in [0.15, 0.2) is 24.3 Å². The summed E-state index contributed by atoms with van der Waals surface area (Å²) in [4.78, 5) is 36.6. The van der Waals surface area contributed by atoms with E-state index in [1.807, 2.05) is 13.0 Å². The maximum Gasteiger partial charge on any atom is 0.347 e. The first-order chi connectivity index (χ1) is 12.4. The van der Waals surface area contributed by atoms with Gasteiger partial charge in [-0.1, -0.05) is 6.92 Å². The summed E-state index contributed by atoms with van der Waals surface area (Å²) < 4.78 is 10.3. The van der Waals surface area contributed by atoms with Crippen molar-refractivity contribution in [1.29, 1.82) is 5.26 Å². The molecule has 1 rings (SSSR count). The number of nitrogens with one attached hydrogen (secondary N) is 1. The number of carbonyl (C=O) groups excluding carboxylic acids is 3. The Morgan fingerprint density at radius 3 is 2.50 bits per heavy atom. The number of carbonyl (C=O) groups is 3. The molecule has 1 N–H and O–H groups in total. The molecule has 140 valence electrons. The smallest absolute Gasteiger partial charge is 0.347 e. The van der Waals surface area contributed by atoms with E-state index in [1.165, 1.54) is 18.9 Å². The zero-order valence-corrected chi connectivity index (χ0v) is 15.2. The highest BCUT2D eigenvalue weighted by molar-refractivity contribution is 5.86. The molecule has 0 heterocycles. The number of likely N-dealkylation sites (N-methyl/N-ethyl adjacent to an activating group) is 1. The number of amides is 2. The molecular formula is C18H23N3O5. The van der Waals surface area contributed by atoms with Crippen LogP contribution in [0, 0.1) is 11.3 Å². The van der Waals surface area contributed by atoms with E-state index >= 15 is 0 Å². The van der Waals surface area contributed by atoms with Crippen LogP contribution < -0.4 is 10.1 Å². The molecule has 0 aliphatic rings. The second-order valence-corrected chi connectivity index (χ2v) is 5.60. The van der Waals surface area contributed by atoms with Crippen LogP contribution in [0.25, 0.3) is 0 Å². The van der Waals surface area contributed by atoms with Gasteiger partial charge in [0.15, 0.2) is 12.7 Å². The van der Waals surface area contributed by atoms with Crippen molar-refractivity contribution in [2.24, 2.45) is 0 Å². The summed E-state index contributed by atoms with van der Waals surface area (Å²) in [5, 5.41) is 11.4. The lowest BCUT2D eigenvalue weighted by molar-refractivity contribution is -0.157. The summed E-state index contributed by atoms with van der Waals surface area (Å²) in [6.45, 7) is 3.38. The summed E-state index contributed by atoms with van der Waals surface area (Å²) in [5.74, 6) is -1.06. The maximum absolute atomic E-state index is 11.9. The van der Waals surface area contributed by atoms with E-state index in [-0.39, 0.29) is 12.5 Å². The normalized spacial score (nSPS) is 11.0. The number of esters is 1. The van der Waals surface area contributed by atoms with E-state index in [4.69, 9.17) is 14.7 Å². The van der Waals surface area contributed by atoms with Gasteiger partial charge in [0.05, 0.1) is 18.2 Å². The van der Waals surface area contributed by atoms with Gasteiger partial charge in [0, 0.05) is 13.6 Å². The third-order valence-electron chi connectivity index (χ3n) is 3.34. The van der Waals surface area contributed by atoms with Crippen molar-refractivity contribution in [3.8, 4) is 11.8 Å². The first-order valence-corrected chi connectivity index (χ1v) is 8.21. The second kappa shape index (κ2) is 10.7. The van der Waals surface area contributed by atoms with Crippen molar-refractivity contribution in [3.05, 3.63) is 29.8 Å². The first kappa shape index (κ1) is 21.0. The van der Waals surface area contributed by atoms with Gasteiger partial charge < -0.3 is 19.7 Å². The molecule has 1 atom stereocenters. The molecule has 8 nitrogen and oxygen atoms in total. The molecular weight excluding hydrogens is 338 g/mol. The fourth-order valence-corrected chi connectivity index (χ4v) is 1.84. The van der Waals surface area contributed by atoms with Crippen LogP contribution in [0.2, 0.25) is 0 Å². The molecule has 26 heavy (non-hydrogen) atoms. The van der Waals surface area contributed by atoms with Gasteiger partial charge in [-0.15, -0.1) is 0 Å². The van der Waals surface area contributed by atoms with Crippen LogP contribution in [0.3, 0.4) is 0 Å². The Kier molecular flexibility index (Phi) is 8.64. The minimum Gasteiger partial charge on any atom is -0.479 e. The monoisotopic (exact) mass is 361 g/mol. The predicted octanol–water partition coefficient (Wildman–Crippen LogP) is 0.853. The Bertz CT molecular complexity index is 666. The van der Waals surface area contributed by atoms with E-state index in [0.717, 1.165) is 6.42 Å². The van der Waals surface area contributed by atoms with Gasteiger partial charge in [-0.25, -0.2) is 4.79 Å². The molecule has 0 aliphatic heterocycles. The molecule has 0 saturated heterocycles. The first-order valence-electron chi connectivity index (χ1n) is 8.21. The Hall–Kier alpha value is -3.08. The van der Waals surface area contributed by atoms with Crippen LogP contribution in [0.4, 0.5) is 0 Å². The standard InChI is InChI=1S/C18H23N3O5/c1-4-9-20-16(22)11-21(3)17(23)12-25-18(24)13(2)26-15-7-5-14(10-19)6-8-15/h5-8,13H,4,9,11-12H2,1-3H3,(H,20,22)/t13-/m0/s1. The van der Waals surface area contributed by atoms with Crippen molar-refractivity contribution < 1.29 is 23.9 Å². The van der Waals surface area contributed by atoms with Crippen LogP contribution in [-0.2, 0) is 19.1 Å². The highest BCUT2D eigenvalue weighted by atomic mass is 16.6. The number of benzene rings is 1. The second-order valence-electron chi connectivity index (χ2n) is 5.60. The van der Waals surface area contributed by atoms with E-state index < -0.39 is 24.6 Å². The number of hydrogen-bond acceptors (Lipinski definition) is 6. The molecule has 0 aromatic heterocycles. The molecule has 0 aliphatic carbocycles. The summed E-state index contributed by atoms with van der Waals surface area (Å²) in [5.41, 5.74) is 0.476. The van der Waals surface area contributed by atoms with Gasteiger partial charge in [-0.3, -0.25) is 9.59 Å². The quantitative estimate of drug-likeness (QED) is 0.653. The molecule has 1 aromatic carbocycles. The van der Waals surface area contributed by atoms with Crippen molar-refractivity contribution in [3.63, 3.8) is 0 Å². The lowest BCUT2D eigenvalue weighted by Crippen LogP contribution is -2.41. The Labute approximate surface area is 152 Å². The number of hydrogen-bond donors (Lipinski definition) is 1. The third kappa shape index (κ3) is 7.21. The van der Waals surface area contributed by atoms with Crippen LogP contribution in [-0.4, -0.2) is 55.5 Å². The Morgan fingerprint density at radius 2 is 1.92 bits per heavy atom. The van der Waals surface area contributed by atoms with Gasteiger partial charge in [0.1, 0.15) is 5.75 Å². The highest BCUT2D eigenvalue weighted by Gasteiger charge is 2.20. The number of nitriles is 1. The highest BCUT2D eigenvalue weighted by Crippen LogP contribution is 2.13. The van der Waals surface area contributed by atoms with Gasteiger partial charge >= 0.3 is 5.97 Å². The van der Waals surface area contributed by atoms with Gasteiger partial charge in [0.25, 0.3) is 5.91 Å². The van der Waals surface area contributed by atoms with Crippen molar-refractivity contribution in [2.75, 3.05) is 26.7 Å². The SMILES string of the molecule is CCCNC(=O)CN(C)C(=O)COC(=O)[C@H](C)Oc1ccc(C#N)cc1. The zero-order chi connectivity index (χ0) is 19.5. The average Bonchev–Trinajstić information content (AvgIpc) is 2.64. The van der Waals surface area contributed by atoms with Crippen LogP contribution in [0.1, 0.15) is 25.8 Å². The third-order valence-corrected chi connectivity index (χ3v) is 3.34. The van der Waals surface area contributed by atoms with E-state index in [2.05, 4.69) is 5.32 Å². The number of ether oxygens (including phenoxy) is 2. The summed E-state index contributed by atoms with van der Waals surface area (Å²) in [6, 6.07) is 8.24. The van der Waals surface area contributed by atoms with Crippen LogP contribution >= 0.6 is 0 Å². The minimum absolute atomic E-state index is 0.103. The summed E-state index contributed by atoms with van der Waals surface area (Å²) >= 11 is 0. The predicted molar refractivity (Wildman–Crippen MR) is 93.1 cm³/mol. The topological polar surface area (TPSA) is 109 Å². The van der Waals surface area contributed by atoms with Crippen LogP contribution in [0.5, 0.6) is 5.75 Å². The molecule has 1 aromatic rings. The number of rotatable bonds is 9. The zero-order valence-electron chi connectivity index (χ0n) is 15.2. The molecule has 0 saturated carbocycles. The molecule has 0 bridgehead atoms. The number of nitrogens with zero attached hydrogens (tertiary/aromatic N) is 2. The fourth-order valence-electron chi connectivity index (χ4n) is 1.84. The summed E-state index contributed by atoms with van der Waals surface area (Å²) in [6.07, 6.45) is -0.119. The van der Waals surface area contributed by atoms with Crippen molar-refractivity contribution >= 4 is 17.8 Å². The molecule has 0 fully saturated rings. The Balaban J connectivity index is 2.40. The van der Waals surface area contributed by atoms with Gasteiger partial charge in [0.2, 0.25) is 5.91 Å². The molecule has 8 heteroatoms. The Morgan fingerprint density at radius 1 is 1.27 bits per heavy atom. The van der Waals surface area contributed by atoms with Crippen molar-refractivity contribution in [2.45, 2.75) is 26.4 Å². The largest absolute Gasteiger partial charge is 0.479 e. The molecule has 0 unspecified atom stereocenters. The fraction of sp³-hybridized carbons (Fsp3) is 0.444. The molecule has 0 spiro atoms. The lowest BCUT2D eigenvalue weighted by atomic mass is 10.2. The van der Waals surface area contributed by atoms with Crippen molar-refractivity contribution in [1.82, 2.24) is 10.2 Å². The summed E-state index contributed by atoms with van der Waals surface area (Å²) in [7, 11) is 1.46. The van der Waals surface area contributed by atoms with Gasteiger partial charge in [-0.2, -0.15) is 5.26 Å². The van der Waals surface area contributed by atoms with E-state index in [9.17, 15) is 14.4 Å². The van der Waals surface area contributed by atoms with E-state index in [0.29, 0.717) is 17.9 Å².